The van der Waals surface area contributed by atoms with Crippen LogP contribution in [0.1, 0.15) is 40.5 Å². The summed E-state index contributed by atoms with van der Waals surface area (Å²) < 4.78 is 5.13. The Kier molecular flexibility index (Phi) is 7.98. The van der Waals surface area contributed by atoms with Gasteiger partial charge in [-0.1, -0.05) is 20.3 Å². The van der Waals surface area contributed by atoms with Crippen LogP contribution < -0.4 is 0 Å². The molecule has 0 aromatic rings. The molecule has 0 aromatic heterocycles. The number of hydrogen-bond donors (Lipinski definition) is 1. The minimum atomic E-state index is -0.152. The van der Waals surface area contributed by atoms with E-state index in [4.69, 9.17) is 4.74 Å². The van der Waals surface area contributed by atoms with E-state index >= 15 is 0 Å². The zero-order valence-corrected chi connectivity index (χ0v) is 11.6. The van der Waals surface area contributed by atoms with Gasteiger partial charge in [-0.25, -0.2) is 0 Å². The Bertz CT molecular complexity index is 171. The van der Waals surface area contributed by atoms with Crippen molar-refractivity contribution >= 4 is 0 Å². The van der Waals surface area contributed by atoms with Gasteiger partial charge in [0.15, 0.2) is 0 Å². The summed E-state index contributed by atoms with van der Waals surface area (Å²) >= 11 is 0. The number of nitrogens with zero attached hydrogens (tertiary/aromatic N) is 1. The Morgan fingerprint density at radius 2 is 2.00 bits per heavy atom. The molecule has 1 unspecified atom stereocenters. The fraction of sp³-hybridized carbons (Fsp3) is 1.00. The van der Waals surface area contributed by atoms with E-state index in [0.29, 0.717) is 5.92 Å². The van der Waals surface area contributed by atoms with Crippen LogP contribution in [0.25, 0.3) is 0 Å². The van der Waals surface area contributed by atoms with Crippen molar-refractivity contribution in [2.75, 3.05) is 33.4 Å². The highest BCUT2D eigenvalue weighted by atomic mass is 16.5. The molecular weight excluding hydrogens is 202 g/mol. The topological polar surface area (TPSA) is 32.7 Å². The van der Waals surface area contributed by atoms with E-state index < -0.39 is 0 Å². The molecule has 0 heterocycles. The Morgan fingerprint density at radius 1 is 1.38 bits per heavy atom. The quantitative estimate of drug-likeness (QED) is 0.660. The van der Waals surface area contributed by atoms with Crippen molar-refractivity contribution in [3.8, 4) is 0 Å². The van der Waals surface area contributed by atoms with Crippen molar-refractivity contribution in [2.45, 2.75) is 46.1 Å². The minimum Gasteiger partial charge on any atom is -0.394 e. The summed E-state index contributed by atoms with van der Waals surface area (Å²) in [6.45, 7) is 11.5. The lowest BCUT2D eigenvalue weighted by atomic mass is 9.99. The zero-order chi connectivity index (χ0) is 12.6. The van der Waals surface area contributed by atoms with E-state index in [1.807, 2.05) is 0 Å². The molecule has 0 spiro atoms. The van der Waals surface area contributed by atoms with Gasteiger partial charge in [-0.3, -0.25) is 4.90 Å². The molecule has 3 heteroatoms. The van der Waals surface area contributed by atoms with Crippen LogP contribution in [-0.2, 0) is 4.74 Å². The molecule has 16 heavy (non-hydrogen) atoms. The van der Waals surface area contributed by atoms with Crippen molar-refractivity contribution < 1.29 is 9.84 Å². The highest BCUT2D eigenvalue weighted by Crippen LogP contribution is 2.17. The lowest BCUT2D eigenvalue weighted by molar-refractivity contribution is 0.0255. The summed E-state index contributed by atoms with van der Waals surface area (Å²) in [4.78, 5) is 2.33. The molecule has 0 saturated heterocycles. The van der Waals surface area contributed by atoms with E-state index in [9.17, 15) is 5.11 Å². The molecule has 0 aliphatic heterocycles. The molecule has 0 rings (SSSR count). The van der Waals surface area contributed by atoms with Crippen LogP contribution in [0, 0.1) is 5.92 Å². The van der Waals surface area contributed by atoms with Gasteiger partial charge in [0, 0.05) is 25.7 Å². The molecule has 0 fully saturated rings. The smallest absolute Gasteiger partial charge is 0.0610 e. The standard InChI is InChI=1S/C13H29NO2/c1-6-7-12(2)10-14(8-9-16-5)13(3,4)11-15/h12,15H,6-11H2,1-5H3. The van der Waals surface area contributed by atoms with Crippen molar-refractivity contribution in [2.24, 2.45) is 5.92 Å². The van der Waals surface area contributed by atoms with Crippen LogP contribution in [0.4, 0.5) is 0 Å². The maximum absolute atomic E-state index is 9.42. The van der Waals surface area contributed by atoms with E-state index in [2.05, 4.69) is 32.6 Å². The van der Waals surface area contributed by atoms with Crippen LogP contribution in [0.5, 0.6) is 0 Å². The maximum atomic E-state index is 9.42. The lowest BCUT2D eigenvalue weighted by Gasteiger charge is -2.38. The third kappa shape index (κ3) is 5.83. The van der Waals surface area contributed by atoms with E-state index in [1.54, 1.807) is 7.11 Å². The zero-order valence-electron chi connectivity index (χ0n) is 11.6. The van der Waals surface area contributed by atoms with Crippen molar-refractivity contribution in [3.05, 3.63) is 0 Å². The molecule has 0 aromatic carbocycles. The number of rotatable bonds is 9. The molecule has 3 nitrogen and oxygen atoms in total. The Labute approximate surface area is 101 Å². The number of hydrogen-bond acceptors (Lipinski definition) is 3. The van der Waals surface area contributed by atoms with Gasteiger partial charge >= 0.3 is 0 Å². The SMILES string of the molecule is CCCC(C)CN(CCOC)C(C)(C)CO. The number of ether oxygens (including phenoxy) is 1. The fourth-order valence-corrected chi connectivity index (χ4v) is 1.90. The predicted octanol–water partition coefficient (Wildman–Crippen LogP) is 2.14. The third-order valence-corrected chi connectivity index (χ3v) is 3.12. The largest absolute Gasteiger partial charge is 0.394 e. The summed E-state index contributed by atoms with van der Waals surface area (Å²) in [6, 6.07) is 0. The van der Waals surface area contributed by atoms with Gasteiger partial charge in [0.1, 0.15) is 0 Å². The number of methoxy groups -OCH3 is 1. The van der Waals surface area contributed by atoms with Gasteiger partial charge < -0.3 is 9.84 Å². The molecule has 0 aliphatic carbocycles. The first-order valence-electron chi connectivity index (χ1n) is 6.32. The Balaban J connectivity index is 4.30. The first kappa shape index (κ1) is 15.9. The molecule has 0 amide bonds. The summed E-state index contributed by atoms with van der Waals surface area (Å²) in [6.07, 6.45) is 2.46. The van der Waals surface area contributed by atoms with Crippen LogP contribution in [0.15, 0.2) is 0 Å². The molecule has 0 aliphatic rings. The first-order valence-corrected chi connectivity index (χ1v) is 6.32. The second kappa shape index (κ2) is 8.04. The molecule has 1 N–H and O–H groups in total. The van der Waals surface area contributed by atoms with E-state index in [1.165, 1.54) is 12.8 Å². The minimum absolute atomic E-state index is 0.152. The average Bonchev–Trinajstić information content (AvgIpc) is 2.24. The van der Waals surface area contributed by atoms with Crippen LogP contribution in [0.3, 0.4) is 0 Å². The summed E-state index contributed by atoms with van der Waals surface area (Å²) in [5, 5.41) is 9.42. The van der Waals surface area contributed by atoms with Gasteiger partial charge in [0.2, 0.25) is 0 Å². The summed E-state index contributed by atoms with van der Waals surface area (Å²) in [5.41, 5.74) is -0.152. The van der Waals surface area contributed by atoms with Gasteiger partial charge in [0.25, 0.3) is 0 Å². The highest BCUT2D eigenvalue weighted by molar-refractivity contribution is 4.81. The van der Waals surface area contributed by atoms with Crippen LogP contribution >= 0.6 is 0 Å². The van der Waals surface area contributed by atoms with Crippen LogP contribution in [-0.4, -0.2) is 49.0 Å². The fourth-order valence-electron chi connectivity index (χ4n) is 1.90. The molecule has 0 bridgehead atoms. The third-order valence-electron chi connectivity index (χ3n) is 3.12. The molecule has 1 atom stereocenters. The second-order valence-corrected chi connectivity index (χ2v) is 5.30. The monoisotopic (exact) mass is 231 g/mol. The molecule has 0 saturated carbocycles. The predicted molar refractivity (Wildman–Crippen MR) is 68.7 cm³/mol. The number of aliphatic hydroxyl groups is 1. The summed E-state index contributed by atoms with van der Waals surface area (Å²) in [7, 11) is 1.72. The lowest BCUT2D eigenvalue weighted by Crippen LogP contribution is -2.50. The second-order valence-electron chi connectivity index (χ2n) is 5.30. The Morgan fingerprint density at radius 3 is 2.44 bits per heavy atom. The van der Waals surface area contributed by atoms with Crippen LogP contribution in [0.2, 0.25) is 0 Å². The van der Waals surface area contributed by atoms with Crippen molar-refractivity contribution in [3.63, 3.8) is 0 Å². The van der Waals surface area contributed by atoms with Crippen molar-refractivity contribution in [1.82, 2.24) is 4.90 Å². The normalized spacial score (nSPS) is 14.4. The average molecular weight is 231 g/mol. The molecule has 0 radical (unpaired) electrons. The van der Waals surface area contributed by atoms with Gasteiger partial charge in [-0.05, 0) is 26.2 Å². The van der Waals surface area contributed by atoms with Gasteiger partial charge in [-0.15, -0.1) is 0 Å². The molecule has 98 valence electrons. The van der Waals surface area contributed by atoms with E-state index in [0.717, 1.165) is 19.7 Å². The molecular formula is C13H29NO2. The van der Waals surface area contributed by atoms with E-state index in [-0.39, 0.29) is 12.1 Å². The number of aliphatic hydroxyl groups excluding tert-OH is 1. The first-order chi connectivity index (χ1) is 7.47. The van der Waals surface area contributed by atoms with Gasteiger partial charge in [0.05, 0.1) is 13.2 Å². The highest BCUT2D eigenvalue weighted by Gasteiger charge is 2.26. The van der Waals surface area contributed by atoms with Crippen molar-refractivity contribution in [1.29, 1.82) is 0 Å². The maximum Gasteiger partial charge on any atom is 0.0610 e. The Hall–Kier alpha value is -0.120. The summed E-state index contributed by atoms with van der Waals surface area (Å²) in [5.74, 6) is 0.674. The van der Waals surface area contributed by atoms with Gasteiger partial charge in [-0.2, -0.15) is 0 Å².